The Hall–Kier alpha value is -0.570. The maximum atomic E-state index is 9.65. The summed E-state index contributed by atoms with van der Waals surface area (Å²) in [5.41, 5.74) is 1.29. The molecule has 1 N–H and O–H groups in total. The molecule has 1 aliphatic heterocycles. The van der Waals surface area contributed by atoms with Crippen LogP contribution in [0.3, 0.4) is 0 Å². The van der Waals surface area contributed by atoms with E-state index in [-0.39, 0.29) is 6.10 Å². The van der Waals surface area contributed by atoms with Gasteiger partial charge in [0.15, 0.2) is 0 Å². The normalized spacial score (nSPS) is 23.6. The average molecular weight is 254 g/mol. The van der Waals surface area contributed by atoms with Gasteiger partial charge in [-0.2, -0.15) is 0 Å². The van der Waals surface area contributed by atoms with Gasteiger partial charge in [-0.05, 0) is 49.9 Å². The van der Waals surface area contributed by atoms with Crippen molar-refractivity contribution in [2.75, 3.05) is 13.1 Å². The first kappa shape index (κ1) is 12.9. The van der Waals surface area contributed by atoms with E-state index in [4.69, 9.17) is 11.6 Å². The number of hydrogen-bond acceptors (Lipinski definition) is 2. The molecule has 1 heterocycles. The summed E-state index contributed by atoms with van der Waals surface area (Å²) < 4.78 is 0. The van der Waals surface area contributed by atoms with Crippen LogP contribution in [0.25, 0.3) is 0 Å². The lowest BCUT2D eigenvalue weighted by molar-refractivity contribution is 0.0599. The molecular weight excluding hydrogens is 234 g/mol. The SMILES string of the molecule is CC(O)C1CCCN(Cc2ccc(Cl)cc2)C1. The Balaban J connectivity index is 1.92. The van der Waals surface area contributed by atoms with Gasteiger partial charge in [-0.15, -0.1) is 0 Å². The van der Waals surface area contributed by atoms with Crippen LogP contribution < -0.4 is 0 Å². The second-order valence-electron chi connectivity index (χ2n) is 5.00. The Morgan fingerprint density at radius 3 is 2.76 bits per heavy atom. The fraction of sp³-hybridized carbons (Fsp3) is 0.571. The molecule has 2 rings (SSSR count). The predicted molar refractivity (Wildman–Crippen MR) is 71.1 cm³/mol. The van der Waals surface area contributed by atoms with Crippen molar-refractivity contribution in [3.63, 3.8) is 0 Å². The summed E-state index contributed by atoms with van der Waals surface area (Å²) in [4.78, 5) is 2.42. The molecule has 1 aromatic rings. The average Bonchev–Trinajstić information content (AvgIpc) is 2.32. The fourth-order valence-electron chi connectivity index (χ4n) is 2.48. The van der Waals surface area contributed by atoms with Gasteiger partial charge >= 0.3 is 0 Å². The monoisotopic (exact) mass is 253 g/mol. The molecule has 17 heavy (non-hydrogen) atoms. The van der Waals surface area contributed by atoms with Gasteiger partial charge in [0, 0.05) is 18.1 Å². The first-order valence-corrected chi connectivity index (χ1v) is 6.68. The molecule has 0 spiro atoms. The molecule has 0 amide bonds. The van der Waals surface area contributed by atoms with E-state index < -0.39 is 0 Å². The van der Waals surface area contributed by atoms with Gasteiger partial charge in [0.25, 0.3) is 0 Å². The van der Waals surface area contributed by atoms with Crippen molar-refractivity contribution in [2.45, 2.75) is 32.4 Å². The fourth-order valence-corrected chi connectivity index (χ4v) is 2.60. The van der Waals surface area contributed by atoms with Crippen LogP contribution >= 0.6 is 11.6 Å². The van der Waals surface area contributed by atoms with Crippen LogP contribution in [-0.2, 0) is 6.54 Å². The molecule has 1 saturated heterocycles. The lowest BCUT2D eigenvalue weighted by Crippen LogP contribution is -2.38. The maximum absolute atomic E-state index is 9.65. The Kier molecular flexibility index (Phi) is 4.43. The first-order chi connectivity index (χ1) is 8.15. The minimum absolute atomic E-state index is 0.192. The molecule has 2 atom stereocenters. The summed E-state index contributed by atoms with van der Waals surface area (Å²) in [6.07, 6.45) is 2.14. The van der Waals surface area contributed by atoms with E-state index in [1.54, 1.807) is 0 Å². The Morgan fingerprint density at radius 1 is 1.41 bits per heavy atom. The number of halogens is 1. The first-order valence-electron chi connectivity index (χ1n) is 6.30. The molecule has 2 nitrogen and oxygen atoms in total. The number of aliphatic hydroxyl groups excluding tert-OH is 1. The molecule has 1 fully saturated rings. The smallest absolute Gasteiger partial charge is 0.0552 e. The number of likely N-dealkylation sites (tertiary alicyclic amines) is 1. The van der Waals surface area contributed by atoms with Gasteiger partial charge in [-0.25, -0.2) is 0 Å². The van der Waals surface area contributed by atoms with E-state index in [9.17, 15) is 5.11 Å². The summed E-state index contributed by atoms with van der Waals surface area (Å²) >= 11 is 5.87. The number of hydrogen-bond donors (Lipinski definition) is 1. The number of aliphatic hydroxyl groups is 1. The predicted octanol–water partition coefficient (Wildman–Crippen LogP) is 2.93. The maximum Gasteiger partial charge on any atom is 0.0552 e. The highest BCUT2D eigenvalue weighted by molar-refractivity contribution is 6.30. The second kappa shape index (κ2) is 5.85. The number of rotatable bonds is 3. The molecule has 0 aliphatic carbocycles. The van der Waals surface area contributed by atoms with Crippen LogP contribution in [0.2, 0.25) is 5.02 Å². The van der Waals surface area contributed by atoms with E-state index in [0.29, 0.717) is 5.92 Å². The van der Waals surface area contributed by atoms with E-state index in [2.05, 4.69) is 17.0 Å². The number of nitrogens with zero attached hydrogens (tertiary/aromatic N) is 1. The van der Waals surface area contributed by atoms with Gasteiger partial charge in [0.2, 0.25) is 0 Å². The lowest BCUT2D eigenvalue weighted by atomic mass is 9.93. The lowest BCUT2D eigenvalue weighted by Gasteiger charge is -2.34. The second-order valence-corrected chi connectivity index (χ2v) is 5.44. The van der Waals surface area contributed by atoms with Crippen LogP contribution in [0, 0.1) is 5.92 Å². The minimum Gasteiger partial charge on any atom is -0.393 e. The van der Waals surface area contributed by atoms with Crippen molar-refractivity contribution in [3.05, 3.63) is 34.9 Å². The molecule has 0 saturated carbocycles. The van der Waals surface area contributed by atoms with Crippen molar-refractivity contribution in [2.24, 2.45) is 5.92 Å². The zero-order chi connectivity index (χ0) is 12.3. The minimum atomic E-state index is -0.192. The van der Waals surface area contributed by atoms with E-state index in [1.807, 2.05) is 19.1 Å². The molecular formula is C14H20ClNO. The van der Waals surface area contributed by atoms with Crippen LogP contribution in [0.15, 0.2) is 24.3 Å². The quantitative estimate of drug-likeness (QED) is 0.895. The van der Waals surface area contributed by atoms with Crippen LogP contribution in [0.5, 0.6) is 0 Å². The standard InChI is InChI=1S/C14H20ClNO/c1-11(17)13-3-2-8-16(10-13)9-12-4-6-14(15)7-5-12/h4-7,11,13,17H,2-3,8-10H2,1H3. The third-order valence-electron chi connectivity index (χ3n) is 3.54. The van der Waals surface area contributed by atoms with Gasteiger partial charge in [-0.3, -0.25) is 4.90 Å². The van der Waals surface area contributed by atoms with Gasteiger partial charge < -0.3 is 5.11 Å². The summed E-state index contributed by atoms with van der Waals surface area (Å²) in [7, 11) is 0. The zero-order valence-corrected chi connectivity index (χ0v) is 11.0. The number of piperidine rings is 1. The molecule has 2 unspecified atom stereocenters. The Labute approximate surface area is 108 Å². The van der Waals surface area contributed by atoms with E-state index in [1.165, 1.54) is 12.0 Å². The topological polar surface area (TPSA) is 23.5 Å². The van der Waals surface area contributed by atoms with E-state index in [0.717, 1.165) is 31.1 Å². The van der Waals surface area contributed by atoms with Gasteiger partial charge in [0.1, 0.15) is 0 Å². The number of benzene rings is 1. The molecule has 0 bridgehead atoms. The molecule has 1 aliphatic rings. The molecule has 0 aromatic heterocycles. The zero-order valence-electron chi connectivity index (χ0n) is 10.3. The van der Waals surface area contributed by atoms with Crippen molar-refractivity contribution in [3.8, 4) is 0 Å². The molecule has 1 aromatic carbocycles. The van der Waals surface area contributed by atoms with Crippen molar-refractivity contribution < 1.29 is 5.11 Å². The summed E-state index contributed by atoms with van der Waals surface area (Å²) in [6, 6.07) is 8.03. The highest BCUT2D eigenvalue weighted by atomic mass is 35.5. The van der Waals surface area contributed by atoms with Crippen molar-refractivity contribution >= 4 is 11.6 Å². The summed E-state index contributed by atoms with van der Waals surface area (Å²) in [5.74, 6) is 0.427. The highest BCUT2D eigenvalue weighted by Gasteiger charge is 2.23. The van der Waals surface area contributed by atoms with Crippen LogP contribution in [0.4, 0.5) is 0 Å². The van der Waals surface area contributed by atoms with Crippen molar-refractivity contribution in [1.29, 1.82) is 0 Å². The van der Waals surface area contributed by atoms with Gasteiger partial charge in [0.05, 0.1) is 6.10 Å². The molecule has 3 heteroatoms. The summed E-state index contributed by atoms with van der Waals surface area (Å²) in [6.45, 7) is 4.99. The molecule has 0 radical (unpaired) electrons. The Morgan fingerprint density at radius 2 is 2.12 bits per heavy atom. The van der Waals surface area contributed by atoms with E-state index >= 15 is 0 Å². The Bertz CT molecular complexity index is 350. The third kappa shape index (κ3) is 3.70. The van der Waals surface area contributed by atoms with Crippen LogP contribution in [0.1, 0.15) is 25.3 Å². The summed E-state index contributed by atoms with van der Waals surface area (Å²) in [5, 5.41) is 10.4. The highest BCUT2D eigenvalue weighted by Crippen LogP contribution is 2.21. The van der Waals surface area contributed by atoms with Crippen LogP contribution in [-0.4, -0.2) is 29.2 Å². The largest absolute Gasteiger partial charge is 0.393 e. The third-order valence-corrected chi connectivity index (χ3v) is 3.80. The van der Waals surface area contributed by atoms with Gasteiger partial charge in [-0.1, -0.05) is 23.7 Å². The van der Waals surface area contributed by atoms with Crippen molar-refractivity contribution in [1.82, 2.24) is 4.90 Å². The molecule has 94 valence electrons.